The van der Waals surface area contributed by atoms with Gasteiger partial charge in [-0.15, -0.1) is 11.3 Å². The monoisotopic (exact) mass is 301 g/mol. The molecule has 1 aromatic carbocycles. The van der Waals surface area contributed by atoms with Gasteiger partial charge in [0.05, 0.1) is 17.1 Å². The highest BCUT2D eigenvalue weighted by atomic mass is 32.1. The minimum Gasteiger partial charge on any atom is -0.482 e. The van der Waals surface area contributed by atoms with Crippen LogP contribution in [-0.2, 0) is 17.8 Å². The molecular formula is C15H15N3O2S. The average Bonchev–Trinajstić information content (AvgIpc) is 2.94. The van der Waals surface area contributed by atoms with Gasteiger partial charge in [-0.25, -0.2) is 0 Å². The topological polar surface area (TPSA) is 67.6 Å². The number of rotatable bonds is 1. The lowest BCUT2D eigenvalue weighted by Crippen LogP contribution is -2.31. The molecule has 0 fully saturated rings. The van der Waals surface area contributed by atoms with Crippen LogP contribution in [0.5, 0.6) is 5.75 Å². The smallest absolute Gasteiger partial charge is 0.262 e. The van der Waals surface area contributed by atoms with Crippen LogP contribution in [0.1, 0.15) is 10.4 Å². The Labute approximate surface area is 126 Å². The lowest BCUT2D eigenvalue weighted by molar-refractivity contribution is -0.118. The van der Waals surface area contributed by atoms with Crippen molar-refractivity contribution < 1.29 is 9.53 Å². The van der Waals surface area contributed by atoms with Crippen LogP contribution < -0.4 is 20.7 Å². The summed E-state index contributed by atoms with van der Waals surface area (Å²) in [4.78, 5) is 15.2. The quantitative estimate of drug-likeness (QED) is 0.793. The third-order valence-corrected chi connectivity index (χ3v) is 4.93. The Hall–Kier alpha value is -2.21. The minimum atomic E-state index is -0.128. The highest BCUT2D eigenvalue weighted by Gasteiger charge is 2.23. The molecule has 0 bridgehead atoms. The number of nitrogens with one attached hydrogen (secondary N) is 1. The van der Waals surface area contributed by atoms with Crippen molar-refractivity contribution in [1.29, 1.82) is 0 Å². The van der Waals surface area contributed by atoms with Gasteiger partial charge < -0.3 is 20.7 Å². The molecule has 0 saturated heterocycles. The summed E-state index contributed by atoms with van der Waals surface area (Å²) in [7, 11) is 0. The molecule has 0 radical (unpaired) electrons. The Bertz CT molecular complexity index is 726. The van der Waals surface area contributed by atoms with E-state index in [0.29, 0.717) is 17.1 Å². The molecule has 2 aliphatic heterocycles. The van der Waals surface area contributed by atoms with Gasteiger partial charge in [-0.2, -0.15) is 0 Å². The zero-order chi connectivity index (χ0) is 14.4. The van der Waals surface area contributed by atoms with E-state index >= 15 is 0 Å². The molecular weight excluding hydrogens is 286 g/mol. The molecule has 6 heteroatoms. The van der Waals surface area contributed by atoms with Crippen LogP contribution in [0.2, 0.25) is 0 Å². The van der Waals surface area contributed by atoms with Crippen molar-refractivity contribution in [3.8, 4) is 5.75 Å². The number of carbonyl (C=O) groups is 1. The first-order valence-corrected chi connectivity index (χ1v) is 7.75. The van der Waals surface area contributed by atoms with Crippen LogP contribution in [0.15, 0.2) is 23.6 Å². The summed E-state index contributed by atoms with van der Waals surface area (Å²) in [6.45, 7) is 1.84. The highest BCUT2D eigenvalue weighted by molar-refractivity contribution is 7.10. The number of thiophene rings is 1. The summed E-state index contributed by atoms with van der Waals surface area (Å²) in [6.07, 6.45) is 1.03. The second kappa shape index (κ2) is 4.66. The fourth-order valence-corrected chi connectivity index (χ4v) is 3.75. The normalized spacial score (nSPS) is 16.8. The van der Waals surface area contributed by atoms with E-state index in [-0.39, 0.29) is 12.5 Å². The van der Waals surface area contributed by atoms with Gasteiger partial charge in [-0.1, -0.05) is 0 Å². The molecule has 5 nitrogen and oxygen atoms in total. The molecule has 0 aliphatic carbocycles. The Morgan fingerprint density at radius 1 is 1.38 bits per heavy atom. The van der Waals surface area contributed by atoms with Crippen LogP contribution in [0.4, 0.5) is 17.1 Å². The van der Waals surface area contributed by atoms with Gasteiger partial charge in [0.25, 0.3) is 5.91 Å². The number of fused-ring (bicyclic) bond motifs is 2. The molecule has 3 heterocycles. The molecule has 0 spiro atoms. The second-order valence-electron chi connectivity index (χ2n) is 5.28. The molecule has 0 atom stereocenters. The van der Waals surface area contributed by atoms with Crippen LogP contribution in [0, 0.1) is 0 Å². The van der Waals surface area contributed by atoms with E-state index in [4.69, 9.17) is 10.5 Å². The Kier molecular flexibility index (Phi) is 2.78. The maximum atomic E-state index is 11.4. The summed E-state index contributed by atoms with van der Waals surface area (Å²) in [5.74, 6) is 0.515. The van der Waals surface area contributed by atoms with Gasteiger partial charge in [0, 0.05) is 24.0 Å². The van der Waals surface area contributed by atoms with Crippen LogP contribution in [0.3, 0.4) is 0 Å². The summed E-state index contributed by atoms with van der Waals surface area (Å²) in [5.41, 5.74) is 9.88. The first-order chi connectivity index (χ1) is 10.2. The van der Waals surface area contributed by atoms with E-state index in [9.17, 15) is 4.79 Å². The number of benzene rings is 1. The van der Waals surface area contributed by atoms with E-state index < -0.39 is 0 Å². The number of nitrogens with zero attached hydrogens (tertiary/aromatic N) is 1. The summed E-state index contributed by atoms with van der Waals surface area (Å²) in [5, 5.41) is 4.97. The van der Waals surface area contributed by atoms with Crippen LogP contribution >= 0.6 is 11.3 Å². The first kappa shape index (κ1) is 12.5. The molecule has 1 amide bonds. The van der Waals surface area contributed by atoms with Gasteiger partial charge in [-0.3, -0.25) is 4.79 Å². The molecule has 0 saturated carbocycles. The van der Waals surface area contributed by atoms with E-state index in [1.54, 1.807) is 6.07 Å². The molecule has 2 aliphatic rings. The predicted molar refractivity (Wildman–Crippen MR) is 84.1 cm³/mol. The summed E-state index contributed by atoms with van der Waals surface area (Å²) >= 11 is 1.82. The number of carbonyl (C=O) groups excluding carboxylic acids is 1. The summed E-state index contributed by atoms with van der Waals surface area (Å²) in [6, 6.07) is 5.89. The van der Waals surface area contributed by atoms with Crippen molar-refractivity contribution >= 4 is 34.3 Å². The lowest BCUT2D eigenvalue weighted by Gasteiger charge is -2.31. The van der Waals surface area contributed by atoms with Crippen molar-refractivity contribution in [2.75, 3.05) is 29.1 Å². The molecule has 21 heavy (non-hydrogen) atoms. The molecule has 108 valence electrons. The van der Waals surface area contributed by atoms with E-state index in [2.05, 4.69) is 21.7 Å². The van der Waals surface area contributed by atoms with Crippen molar-refractivity contribution in [3.63, 3.8) is 0 Å². The van der Waals surface area contributed by atoms with E-state index in [1.807, 2.05) is 17.4 Å². The molecule has 3 N–H and O–H groups in total. The zero-order valence-electron chi connectivity index (χ0n) is 11.4. The second-order valence-corrected chi connectivity index (χ2v) is 6.29. The Morgan fingerprint density at radius 2 is 2.29 bits per heavy atom. The van der Waals surface area contributed by atoms with Crippen molar-refractivity contribution in [1.82, 2.24) is 0 Å². The first-order valence-electron chi connectivity index (χ1n) is 6.87. The fourth-order valence-electron chi connectivity index (χ4n) is 2.86. The number of ether oxygens (including phenoxy) is 1. The highest BCUT2D eigenvalue weighted by Crippen LogP contribution is 2.39. The number of amides is 1. The van der Waals surface area contributed by atoms with Gasteiger partial charge in [0.15, 0.2) is 6.61 Å². The van der Waals surface area contributed by atoms with E-state index in [1.165, 1.54) is 10.4 Å². The lowest BCUT2D eigenvalue weighted by atomic mass is 10.1. The average molecular weight is 301 g/mol. The predicted octanol–water partition coefficient (Wildman–Crippen LogP) is 2.22. The number of nitrogens with two attached hydrogens (primary N) is 1. The Balaban J connectivity index is 1.69. The van der Waals surface area contributed by atoms with Crippen LogP contribution in [-0.4, -0.2) is 19.1 Å². The number of anilines is 3. The van der Waals surface area contributed by atoms with E-state index in [0.717, 1.165) is 25.2 Å². The SMILES string of the molecule is Nc1cc2c(cc1N1CCc3sccc3C1)NC(=O)CO2. The molecule has 2 aromatic rings. The largest absolute Gasteiger partial charge is 0.482 e. The third kappa shape index (κ3) is 2.12. The molecule has 4 rings (SSSR count). The summed E-state index contributed by atoms with van der Waals surface area (Å²) < 4.78 is 5.39. The van der Waals surface area contributed by atoms with Gasteiger partial charge in [0.2, 0.25) is 0 Å². The van der Waals surface area contributed by atoms with Crippen LogP contribution in [0.25, 0.3) is 0 Å². The fraction of sp³-hybridized carbons (Fsp3) is 0.267. The Morgan fingerprint density at radius 3 is 3.19 bits per heavy atom. The zero-order valence-corrected chi connectivity index (χ0v) is 12.2. The number of hydrogen-bond acceptors (Lipinski definition) is 5. The molecule has 1 aromatic heterocycles. The number of nitrogen functional groups attached to an aromatic ring is 1. The maximum Gasteiger partial charge on any atom is 0.262 e. The van der Waals surface area contributed by atoms with Crippen molar-refractivity contribution in [3.05, 3.63) is 34.0 Å². The van der Waals surface area contributed by atoms with Crippen molar-refractivity contribution in [2.24, 2.45) is 0 Å². The van der Waals surface area contributed by atoms with Gasteiger partial charge >= 0.3 is 0 Å². The number of hydrogen-bond donors (Lipinski definition) is 2. The maximum absolute atomic E-state index is 11.4. The minimum absolute atomic E-state index is 0.0494. The molecule has 0 unspecified atom stereocenters. The standard InChI is InChI=1S/C15H15N3O2S/c16-10-5-13-11(17-15(19)8-20-13)6-12(10)18-3-1-14-9(7-18)2-4-21-14/h2,4-6H,1,3,7-8,16H2,(H,17,19). The van der Waals surface area contributed by atoms with Gasteiger partial charge in [0.1, 0.15) is 5.75 Å². The van der Waals surface area contributed by atoms with Crippen molar-refractivity contribution in [2.45, 2.75) is 13.0 Å². The van der Waals surface area contributed by atoms with Gasteiger partial charge in [-0.05, 0) is 29.5 Å². The third-order valence-electron chi connectivity index (χ3n) is 3.91.